The van der Waals surface area contributed by atoms with Gasteiger partial charge in [0.15, 0.2) is 5.69 Å². The molecule has 1 aromatic heterocycles. The standard InChI is InChI=1S/C19H23FN4O3S/c1-11(2)24-7-8-28-10-14(24)17-22-15(16(25)19(27)23-17)18(26)21-9-12-3-5-13(20)6-4-12/h3-6,11,14,25H,7-10H2,1-2H3,(H,21,26)(H,22,23,27). The lowest BCUT2D eigenvalue weighted by molar-refractivity contribution is 0.0940. The summed E-state index contributed by atoms with van der Waals surface area (Å²) in [5.74, 6) is 0.364. The summed E-state index contributed by atoms with van der Waals surface area (Å²) < 4.78 is 13.0. The van der Waals surface area contributed by atoms with Gasteiger partial charge in [0.05, 0.1) is 6.04 Å². The van der Waals surface area contributed by atoms with E-state index in [1.807, 2.05) is 0 Å². The highest BCUT2D eigenvalue weighted by Gasteiger charge is 2.30. The zero-order valence-corrected chi connectivity index (χ0v) is 16.6. The molecular weight excluding hydrogens is 383 g/mol. The number of thioether (sulfide) groups is 1. The van der Waals surface area contributed by atoms with E-state index in [0.29, 0.717) is 11.4 Å². The Morgan fingerprint density at radius 1 is 1.43 bits per heavy atom. The van der Waals surface area contributed by atoms with Crippen LogP contribution in [-0.2, 0) is 6.54 Å². The highest BCUT2D eigenvalue weighted by molar-refractivity contribution is 7.99. The van der Waals surface area contributed by atoms with Crippen molar-refractivity contribution in [3.05, 3.63) is 57.5 Å². The van der Waals surface area contributed by atoms with Crippen LogP contribution in [0.2, 0.25) is 0 Å². The fraction of sp³-hybridized carbons (Fsp3) is 0.421. The minimum atomic E-state index is -0.740. The molecule has 9 heteroatoms. The zero-order chi connectivity index (χ0) is 20.3. The maximum absolute atomic E-state index is 13.0. The average Bonchev–Trinajstić information content (AvgIpc) is 2.69. The second-order valence-electron chi connectivity index (χ2n) is 6.88. The van der Waals surface area contributed by atoms with E-state index in [1.165, 1.54) is 12.1 Å². The van der Waals surface area contributed by atoms with Crippen LogP contribution in [0.3, 0.4) is 0 Å². The van der Waals surface area contributed by atoms with Gasteiger partial charge in [0.1, 0.15) is 11.6 Å². The monoisotopic (exact) mass is 406 g/mol. The highest BCUT2D eigenvalue weighted by Crippen LogP contribution is 2.29. The van der Waals surface area contributed by atoms with Crippen LogP contribution in [0.5, 0.6) is 5.75 Å². The Bertz CT molecular complexity index is 901. The molecule has 150 valence electrons. The van der Waals surface area contributed by atoms with Gasteiger partial charge in [-0.25, -0.2) is 9.37 Å². The lowest BCUT2D eigenvalue weighted by Gasteiger charge is -2.37. The molecule has 1 atom stereocenters. The number of carbonyl (C=O) groups is 1. The summed E-state index contributed by atoms with van der Waals surface area (Å²) in [6.07, 6.45) is 0. The first kappa shape index (κ1) is 20.3. The number of halogens is 1. The number of rotatable bonds is 5. The molecule has 3 N–H and O–H groups in total. The van der Waals surface area contributed by atoms with Crippen molar-refractivity contribution >= 4 is 17.7 Å². The molecule has 1 saturated heterocycles. The number of aromatic nitrogens is 2. The van der Waals surface area contributed by atoms with E-state index in [0.717, 1.165) is 18.1 Å². The number of H-pyrrole nitrogens is 1. The van der Waals surface area contributed by atoms with Gasteiger partial charge in [-0.1, -0.05) is 12.1 Å². The minimum Gasteiger partial charge on any atom is -0.501 e. The third-order valence-corrected chi connectivity index (χ3v) is 5.67. The van der Waals surface area contributed by atoms with Gasteiger partial charge < -0.3 is 15.4 Å². The molecule has 2 heterocycles. The van der Waals surface area contributed by atoms with Gasteiger partial charge in [-0.15, -0.1) is 0 Å². The van der Waals surface area contributed by atoms with Gasteiger partial charge in [0, 0.05) is 30.6 Å². The molecule has 0 saturated carbocycles. The van der Waals surface area contributed by atoms with E-state index in [1.54, 1.807) is 23.9 Å². The molecule has 7 nitrogen and oxygen atoms in total. The second kappa shape index (κ2) is 8.74. The number of hydrogen-bond acceptors (Lipinski definition) is 6. The fourth-order valence-corrected chi connectivity index (χ4v) is 4.22. The van der Waals surface area contributed by atoms with E-state index < -0.39 is 17.2 Å². The van der Waals surface area contributed by atoms with Crippen molar-refractivity contribution in [3.8, 4) is 5.75 Å². The highest BCUT2D eigenvalue weighted by atomic mass is 32.2. The molecule has 0 radical (unpaired) electrons. The van der Waals surface area contributed by atoms with Crippen molar-refractivity contribution < 1.29 is 14.3 Å². The smallest absolute Gasteiger partial charge is 0.293 e. The van der Waals surface area contributed by atoms with Gasteiger partial charge in [-0.05, 0) is 31.5 Å². The second-order valence-corrected chi connectivity index (χ2v) is 8.03. The first-order valence-corrected chi connectivity index (χ1v) is 10.2. The molecule has 1 unspecified atom stereocenters. The third-order valence-electron chi connectivity index (χ3n) is 4.64. The van der Waals surface area contributed by atoms with Crippen LogP contribution in [0.25, 0.3) is 0 Å². The fourth-order valence-electron chi connectivity index (χ4n) is 3.14. The lowest BCUT2D eigenvalue weighted by Crippen LogP contribution is -2.42. The predicted octanol–water partition coefficient (Wildman–Crippen LogP) is 2.04. The van der Waals surface area contributed by atoms with Crippen molar-refractivity contribution in [1.29, 1.82) is 0 Å². The molecule has 0 aliphatic carbocycles. The van der Waals surface area contributed by atoms with Crippen LogP contribution in [0, 0.1) is 5.82 Å². The molecule has 1 fully saturated rings. The molecule has 0 spiro atoms. The molecule has 1 amide bonds. The van der Waals surface area contributed by atoms with E-state index in [9.17, 15) is 19.1 Å². The Balaban J connectivity index is 1.83. The van der Waals surface area contributed by atoms with Crippen LogP contribution in [0.1, 0.15) is 41.8 Å². The number of nitrogens with zero attached hydrogens (tertiary/aromatic N) is 2. The number of carbonyl (C=O) groups excluding carboxylic acids is 1. The van der Waals surface area contributed by atoms with Crippen LogP contribution >= 0.6 is 11.8 Å². The van der Waals surface area contributed by atoms with E-state index >= 15 is 0 Å². The number of aromatic hydroxyl groups is 1. The van der Waals surface area contributed by atoms with E-state index in [-0.39, 0.29) is 30.1 Å². The first-order valence-electron chi connectivity index (χ1n) is 9.06. The largest absolute Gasteiger partial charge is 0.501 e. The third kappa shape index (κ3) is 4.53. The Morgan fingerprint density at radius 3 is 2.82 bits per heavy atom. The van der Waals surface area contributed by atoms with Gasteiger partial charge in [0.2, 0.25) is 5.75 Å². The van der Waals surface area contributed by atoms with Gasteiger partial charge in [0.25, 0.3) is 11.5 Å². The molecule has 1 aliphatic rings. The number of benzene rings is 1. The number of nitrogens with one attached hydrogen (secondary N) is 2. The molecule has 1 aromatic carbocycles. The van der Waals surface area contributed by atoms with Gasteiger partial charge in [-0.2, -0.15) is 11.8 Å². The Morgan fingerprint density at radius 2 is 2.14 bits per heavy atom. The normalized spacial score (nSPS) is 17.6. The van der Waals surface area contributed by atoms with Crippen molar-refractivity contribution in [2.24, 2.45) is 0 Å². The molecule has 0 bridgehead atoms. The summed E-state index contributed by atoms with van der Waals surface area (Å²) in [5.41, 5.74) is -0.356. The number of aromatic amines is 1. The van der Waals surface area contributed by atoms with Crippen molar-refractivity contribution in [2.75, 3.05) is 18.1 Å². The molecular formula is C19H23FN4O3S. The quantitative estimate of drug-likeness (QED) is 0.703. The Kier molecular flexibility index (Phi) is 6.35. The first-order chi connectivity index (χ1) is 13.4. The Hall–Kier alpha value is -2.39. The van der Waals surface area contributed by atoms with Crippen LogP contribution < -0.4 is 10.9 Å². The molecule has 3 rings (SSSR count). The summed E-state index contributed by atoms with van der Waals surface area (Å²) in [6.45, 7) is 5.11. The minimum absolute atomic E-state index is 0.125. The topological polar surface area (TPSA) is 98.3 Å². The lowest BCUT2D eigenvalue weighted by atomic mass is 10.2. The molecule has 1 aliphatic heterocycles. The number of hydrogen-bond donors (Lipinski definition) is 3. The zero-order valence-electron chi connectivity index (χ0n) is 15.7. The predicted molar refractivity (Wildman–Crippen MR) is 106 cm³/mol. The van der Waals surface area contributed by atoms with Crippen LogP contribution in [0.4, 0.5) is 4.39 Å². The van der Waals surface area contributed by atoms with Crippen LogP contribution in [0.15, 0.2) is 29.1 Å². The summed E-state index contributed by atoms with van der Waals surface area (Å²) in [5, 5.41) is 12.7. The maximum atomic E-state index is 13.0. The summed E-state index contributed by atoms with van der Waals surface area (Å²) in [6, 6.07) is 5.79. The number of amides is 1. The molecule has 2 aromatic rings. The van der Waals surface area contributed by atoms with Crippen molar-refractivity contribution in [2.45, 2.75) is 32.5 Å². The van der Waals surface area contributed by atoms with Crippen molar-refractivity contribution in [3.63, 3.8) is 0 Å². The SMILES string of the molecule is CC(C)N1CCSCC1c1nc(C(=O)NCc2ccc(F)cc2)c(O)c(=O)[nH]1. The summed E-state index contributed by atoms with van der Waals surface area (Å²) in [4.78, 5) is 33.8. The molecule has 28 heavy (non-hydrogen) atoms. The van der Waals surface area contributed by atoms with Crippen molar-refractivity contribution in [1.82, 2.24) is 20.2 Å². The van der Waals surface area contributed by atoms with Crippen LogP contribution in [-0.4, -0.2) is 50.0 Å². The summed E-state index contributed by atoms with van der Waals surface area (Å²) >= 11 is 1.75. The average molecular weight is 406 g/mol. The van der Waals surface area contributed by atoms with E-state index in [4.69, 9.17) is 0 Å². The van der Waals surface area contributed by atoms with Gasteiger partial charge >= 0.3 is 0 Å². The van der Waals surface area contributed by atoms with E-state index in [2.05, 4.69) is 34.0 Å². The maximum Gasteiger partial charge on any atom is 0.293 e. The van der Waals surface area contributed by atoms with Gasteiger partial charge in [-0.3, -0.25) is 14.5 Å². The Labute approximate surface area is 166 Å². The summed E-state index contributed by atoms with van der Waals surface area (Å²) in [7, 11) is 0.